The third-order valence-corrected chi connectivity index (χ3v) is 5.13. The van der Waals surface area contributed by atoms with Crippen molar-refractivity contribution in [3.05, 3.63) is 57.0 Å². The zero-order valence-corrected chi connectivity index (χ0v) is 13.1. The van der Waals surface area contributed by atoms with Crippen LogP contribution in [0, 0.1) is 18.7 Å². The molecule has 0 bridgehead atoms. The summed E-state index contributed by atoms with van der Waals surface area (Å²) in [7, 11) is 0. The fraction of sp³-hybridized carbons (Fsp3) is 0.353. The van der Waals surface area contributed by atoms with E-state index in [1.807, 2.05) is 0 Å². The minimum atomic E-state index is -0.423. The van der Waals surface area contributed by atoms with Crippen LogP contribution in [0.25, 0.3) is 0 Å². The van der Waals surface area contributed by atoms with Crippen molar-refractivity contribution in [3.8, 4) is 0 Å². The topological polar surface area (TPSA) is 49.3 Å². The number of rotatable bonds is 5. The molecule has 1 fully saturated rings. The first-order valence-electron chi connectivity index (χ1n) is 7.30. The maximum Gasteiger partial charge on any atom is 0.224 e. The number of aryl methyl sites for hydroxylation is 1. The molecular formula is C17H18FNO2S. The number of carbonyl (C=O) groups excluding carboxylic acids is 1. The molecule has 1 amide bonds. The zero-order chi connectivity index (χ0) is 15.7. The molecule has 0 radical (unpaired) electrons. The lowest BCUT2D eigenvalue weighted by atomic mass is 10.1. The summed E-state index contributed by atoms with van der Waals surface area (Å²) in [5.74, 6) is 0.0227. The van der Waals surface area contributed by atoms with Gasteiger partial charge in [0.25, 0.3) is 0 Å². The minimum Gasteiger partial charge on any atom is -0.392 e. The average Bonchev–Trinajstić information content (AvgIpc) is 3.21. The smallest absolute Gasteiger partial charge is 0.224 e. The van der Waals surface area contributed by atoms with Crippen LogP contribution in [0.5, 0.6) is 0 Å². The number of aliphatic hydroxyl groups excluding tert-OH is 1. The molecule has 3 nitrogen and oxygen atoms in total. The van der Waals surface area contributed by atoms with E-state index in [0.717, 1.165) is 12.0 Å². The van der Waals surface area contributed by atoms with Crippen LogP contribution >= 0.6 is 11.3 Å². The Morgan fingerprint density at radius 2 is 2.23 bits per heavy atom. The normalized spacial score (nSPS) is 20.0. The van der Waals surface area contributed by atoms with Gasteiger partial charge in [-0.05, 0) is 43.2 Å². The molecule has 0 spiro atoms. The number of amides is 1. The molecule has 5 heteroatoms. The lowest BCUT2D eigenvalue weighted by molar-refractivity contribution is -0.122. The summed E-state index contributed by atoms with van der Waals surface area (Å²) in [6.07, 6.45) is 0.900. The van der Waals surface area contributed by atoms with Gasteiger partial charge in [0.15, 0.2) is 0 Å². The van der Waals surface area contributed by atoms with E-state index in [2.05, 4.69) is 24.4 Å². The first-order valence-corrected chi connectivity index (χ1v) is 8.12. The van der Waals surface area contributed by atoms with E-state index in [4.69, 9.17) is 5.11 Å². The Morgan fingerprint density at radius 3 is 2.91 bits per heavy atom. The van der Waals surface area contributed by atoms with Gasteiger partial charge in [0.1, 0.15) is 5.82 Å². The maximum absolute atomic E-state index is 13.3. The van der Waals surface area contributed by atoms with E-state index in [9.17, 15) is 9.18 Å². The van der Waals surface area contributed by atoms with Gasteiger partial charge >= 0.3 is 0 Å². The van der Waals surface area contributed by atoms with Crippen molar-refractivity contribution >= 4 is 17.2 Å². The SMILES string of the molecule is Cc1ccc(C2CC2C(=O)NCc2ccc(F)c(CO)c2)s1. The molecule has 2 atom stereocenters. The molecule has 1 heterocycles. The predicted molar refractivity (Wildman–Crippen MR) is 84.1 cm³/mol. The fourth-order valence-electron chi connectivity index (χ4n) is 2.63. The molecule has 22 heavy (non-hydrogen) atoms. The van der Waals surface area contributed by atoms with E-state index in [-0.39, 0.29) is 24.0 Å². The Bertz CT molecular complexity index is 698. The highest BCUT2D eigenvalue weighted by Gasteiger charge is 2.44. The van der Waals surface area contributed by atoms with Crippen LogP contribution in [0.15, 0.2) is 30.3 Å². The second kappa shape index (κ2) is 6.18. The average molecular weight is 319 g/mol. The lowest BCUT2D eigenvalue weighted by Gasteiger charge is -2.07. The van der Waals surface area contributed by atoms with Gasteiger partial charge in [-0.1, -0.05) is 6.07 Å². The van der Waals surface area contributed by atoms with Crippen LogP contribution in [0.2, 0.25) is 0 Å². The molecule has 2 unspecified atom stereocenters. The standard InChI is InChI=1S/C17H18FNO2S/c1-10-2-5-16(22-10)13-7-14(13)17(21)19-8-11-3-4-15(18)12(6-11)9-20/h2-6,13-14,20H,7-9H2,1H3,(H,19,21). The minimum absolute atomic E-state index is 0.0472. The van der Waals surface area contributed by atoms with Crippen molar-refractivity contribution < 1.29 is 14.3 Å². The Labute approximate surface area is 132 Å². The van der Waals surface area contributed by atoms with Crippen LogP contribution in [0.3, 0.4) is 0 Å². The molecule has 3 rings (SSSR count). The maximum atomic E-state index is 13.3. The van der Waals surface area contributed by atoms with Crippen molar-refractivity contribution in [3.63, 3.8) is 0 Å². The van der Waals surface area contributed by atoms with E-state index < -0.39 is 5.82 Å². The summed E-state index contributed by atoms with van der Waals surface area (Å²) in [6, 6.07) is 8.72. The Balaban J connectivity index is 1.55. The van der Waals surface area contributed by atoms with Gasteiger partial charge < -0.3 is 10.4 Å². The highest BCUT2D eigenvalue weighted by molar-refractivity contribution is 7.12. The second-order valence-corrected chi connectivity index (χ2v) is 7.02. The number of thiophene rings is 1. The third kappa shape index (κ3) is 3.20. The molecule has 1 aliphatic carbocycles. The molecule has 2 N–H and O–H groups in total. The summed E-state index contributed by atoms with van der Waals surface area (Å²) in [5, 5.41) is 12.0. The number of aliphatic hydroxyl groups is 1. The van der Waals surface area contributed by atoms with E-state index >= 15 is 0 Å². The van der Waals surface area contributed by atoms with E-state index in [0.29, 0.717) is 12.5 Å². The third-order valence-electron chi connectivity index (χ3n) is 4.00. The quantitative estimate of drug-likeness (QED) is 0.889. The first kappa shape index (κ1) is 15.2. The molecule has 1 saturated carbocycles. The fourth-order valence-corrected chi connectivity index (χ4v) is 3.69. The van der Waals surface area contributed by atoms with Crippen LogP contribution in [-0.2, 0) is 17.9 Å². The van der Waals surface area contributed by atoms with Gasteiger partial charge in [-0.3, -0.25) is 4.79 Å². The summed E-state index contributed by atoms with van der Waals surface area (Å²) in [4.78, 5) is 14.7. The van der Waals surface area contributed by atoms with Gasteiger partial charge in [-0.15, -0.1) is 11.3 Å². The van der Waals surface area contributed by atoms with Gasteiger partial charge in [0.2, 0.25) is 5.91 Å². The number of nitrogens with one attached hydrogen (secondary N) is 1. The van der Waals surface area contributed by atoms with Crippen LogP contribution in [0.4, 0.5) is 4.39 Å². The van der Waals surface area contributed by atoms with Gasteiger partial charge in [0.05, 0.1) is 6.61 Å². The number of hydrogen-bond donors (Lipinski definition) is 2. The predicted octanol–water partition coefficient (Wildman–Crippen LogP) is 3.11. The number of benzene rings is 1. The summed E-state index contributed by atoms with van der Waals surface area (Å²) < 4.78 is 13.3. The van der Waals surface area contributed by atoms with Gasteiger partial charge in [0, 0.05) is 33.7 Å². The van der Waals surface area contributed by atoms with Gasteiger partial charge in [-0.25, -0.2) is 4.39 Å². The van der Waals surface area contributed by atoms with Crippen molar-refractivity contribution in [1.82, 2.24) is 5.32 Å². The monoisotopic (exact) mass is 319 g/mol. The molecule has 0 aliphatic heterocycles. The van der Waals surface area contributed by atoms with Gasteiger partial charge in [-0.2, -0.15) is 0 Å². The molecule has 2 aromatic rings. The molecule has 116 valence electrons. The Kier molecular flexibility index (Phi) is 4.27. The van der Waals surface area contributed by atoms with E-state index in [1.54, 1.807) is 23.5 Å². The second-order valence-electron chi connectivity index (χ2n) is 5.70. The summed E-state index contributed by atoms with van der Waals surface area (Å²) >= 11 is 1.75. The Hall–Kier alpha value is -1.72. The zero-order valence-electron chi connectivity index (χ0n) is 12.3. The summed E-state index contributed by atoms with van der Waals surface area (Å²) in [5.41, 5.74) is 1.05. The lowest BCUT2D eigenvalue weighted by Crippen LogP contribution is -2.24. The van der Waals surface area contributed by atoms with Crippen molar-refractivity contribution in [2.45, 2.75) is 32.4 Å². The molecule has 0 saturated heterocycles. The van der Waals surface area contributed by atoms with Crippen molar-refractivity contribution in [2.24, 2.45) is 5.92 Å². The molecular weight excluding hydrogens is 301 g/mol. The van der Waals surface area contributed by atoms with Crippen molar-refractivity contribution in [2.75, 3.05) is 0 Å². The number of halogens is 1. The summed E-state index contributed by atoms with van der Waals surface area (Å²) in [6.45, 7) is 2.09. The number of carbonyl (C=O) groups is 1. The van der Waals surface area contributed by atoms with Crippen LogP contribution < -0.4 is 5.32 Å². The highest BCUT2D eigenvalue weighted by Crippen LogP contribution is 2.49. The largest absolute Gasteiger partial charge is 0.392 e. The van der Waals surface area contributed by atoms with Crippen LogP contribution in [-0.4, -0.2) is 11.0 Å². The Morgan fingerprint density at radius 1 is 1.41 bits per heavy atom. The van der Waals surface area contributed by atoms with Crippen LogP contribution in [0.1, 0.15) is 33.2 Å². The van der Waals surface area contributed by atoms with Crippen molar-refractivity contribution in [1.29, 1.82) is 0 Å². The van der Waals surface area contributed by atoms with E-state index in [1.165, 1.54) is 15.8 Å². The molecule has 1 aromatic carbocycles. The molecule has 1 aliphatic rings. The number of hydrogen-bond acceptors (Lipinski definition) is 3. The first-order chi connectivity index (χ1) is 10.6. The molecule has 1 aromatic heterocycles. The highest BCUT2D eigenvalue weighted by atomic mass is 32.1.